The highest BCUT2D eigenvalue weighted by Crippen LogP contribution is 2.28. The summed E-state index contributed by atoms with van der Waals surface area (Å²) in [7, 11) is 1.90. The van der Waals surface area contributed by atoms with E-state index < -0.39 is 0 Å². The van der Waals surface area contributed by atoms with Crippen LogP contribution in [0, 0.1) is 11.8 Å². The van der Waals surface area contributed by atoms with E-state index in [1.54, 1.807) is 24.4 Å². The van der Waals surface area contributed by atoms with E-state index in [4.69, 9.17) is 5.73 Å². The van der Waals surface area contributed by atoms with E-state index in [9.17, 15) is 14.4 Å². The maximum atomic E-state index is 13.3. The van der Waals surface area contributed by atoms with Crippen molar-refractivity contribution >= 4 is 45.3 Å². The number of carbonyl (C=O) groups excluding carboxylic acids is 3. The number of halogens is 1. The number of carbonyl (C=O) groups is 3. The Hall–Kier alpha value is -4.99. The summed E-state index contributed by atoms with van der Waals surface area (Å²) in [4.78, 5) is 51.5. The molecule has 1 fully saturated rings. The lowest BCUT2D eigenvalue weighted by atomic mass is 10.1. The smallest absolute Gasteiger partial charge is 0.255 e. The van der Waals surface area contributed by atoms with Gasteiger partial charge in [-0.2, -0.15) is 0 Å². The number of hydrogen-bond acceptors (Lipinski definition) is 7. The number of rotatable bonds is 6. The van der Waals surface area contributed by atoms with Crippen molar-refractivity contribution in [3.63, 3.8) is 0 Å². The number of nitrogen functional groups attached to an aromatic ring is 1. The average molecular weight is 696 g/mol. The van der Waals surface area contributed by atoms with Crippen LogP contribution in [0.5, 0.6) is 0 Å². The summed E-state index contributed by atoms with van der Waals surface area (Å²) in [6.07, 6.45) is 2.43. The molecule has 4 heterocycles. The first-order valence-electron chi connectivity index (χ1n) is 15.5. The number of nitrogens with zero attached hydrogens (tertiary/aromatic N) is 5. The molecule has 2 aromatic carbocycles. The molecule has 240 valence electrons. The van der Waals surface area contributed by atoms with Crippen molar-refractivity contribution in [2.45, 2.75) is 19.8 Å². The second-order valence-electron chi connectivity index (χ2n) is 11.5. The minimum absolute atomic E-state index is 0.0538. The summed E-state index contributed by atoms with van der Waals surface area (Å²) in [6.45, 7) is 6.72. The van der Waals surface area contributed by atoms with Crippen LogP contribution in [0.2, 0.25) is 0 Å². The van der Waals surface area contributed by atoms with Crippen LogP contribution in [0.3, 0.4) is 0 Å². The number of anilines is 2. The Labute approximate surface area is 281 Å². The van der Waals surface area contributed by atoms with Gasteiger partial charge in [0.2, 0.25) is 11.9 Å². The van der Waals surface area contributed by atoms with Crippen LogP contribution < -0.4 is 16.4 Å². The molecule has 2 aliphatic rings. The van der Waals surface area contributed by atoms with E-state index in [-0.39, 0.29) is 30.1 Å². The van der Waals surface area contributed by atoms with E-state index >= 15 is 0 Å². The first-order valence-corrected chi connectivity index (χ1v) is 16.3. The molecule has 0 spiro atoms. The minimum Gasteiger partial charge on any atom is -0.368 e. The summed E-state index contributed by atoms with van der Waals surface area (Å²) in [5, 5.41) is 5.81. The number of nitrogens with two attached hydrogens (primary N) is 1. The molecule has 0 aliphatic carbocycles. The Bertz CT molecular complexity index is 1930. The van der Waals surface area contributed by atoms with E-state index in [0.717, 1.165) is 43.0 Å². The monoisotopic (exact) mass is 694 g/mol. The van der Waals surface area contributed by atoms with Crippen molar-refractivity contribution < 1.29 is 14.4 Å². The zero-order valence-corrected chi connectivity index (χ0v) is 27.9. The highest BCUT2D eigenvalue weighted by Gasteiger charge is 2.25. The molecule has 3 amide bonds. The maximum absolute atomic E-state index is 13.3. The standard InChI is InChI=1S/C35H35BrN8O3/c1-3-43-13-15-44(16-14-43)34(47)26-19-25(9-10-28(26)36)40-31(45)18-23-6-4-5-22(17-23)7-8-24-21-39-35(37)41-32(24)30-20-27-29(42(30)2)11-12-38-33(27)46/h4-6,9-10,17,19-21H,3,11-16,18H2,1-2H3,(H,38,46)(H,40,45)(H2,37,39,41). The molecule has 0 atom stereocenters. The summed E-state index contributed by atoms with van der Waals surface area (Å²) < 4.78 is 2.65. The molecule has 0 bridgehead atoms. The van der Waals surface area contributed by atoms with E-state index in [1.807, 2.05) is 46.8 Å². The molecule has 0 saturated carbocycles. The number of likely N-dealkylation sites (N-methyl/N-ethyl adjacent to an activating group) is 1. The Morgan fingerprint density at radius 3 is 2.66 bits per heavy atom. The molecule has 2 aliphatic heterocycles. The van der Waals surface area contributed by atoms with Gasteiger partial charge in [-0.3, -0.25) is 14.4 Å². The highest BCUT2D eigenvalue weighted by molar-refractivity contribution is 9.10. The van der Waals surface area contributed by atoms with Gasteiger partial charge in [0, 0.05) is 73.8 Å². The molecular formula is C35H35BrN8O3. The van der Waals surface area contributed by atoms with E-state index in [0.29, 0.717) is 57.7 Å². The molecule has 1 saturated heterocycles. The first-order chi connectivity index (χ1) is 22.7. The Morgan fingerprint density at radius 1 is 1.09 bits per heavy atom. The van der Waals surface area contributed by atoms with Gasteiger partial charge in [0.25, 0.3) is 11.8 Å². The fraction of sp³-hybridized carbons (Fsp3) is 0.286. The zero-order valence-electron chi connectivity index (χ0n) is 26.3. The Kier molecular flexibility index (Phi) is 9.38. The third kappa shape index (κ3) is 7.06. The maximum Gasteiger partial charge on any atom is 0.255 e. The number of hydrogen-bond donors (Lipinski definition) is 3. The van der Waals surface area contributed by atoms with Crippen LogP contribution in [-0.4, -0.2) is 81.3 Å². The molecule has 0 unspecified atom stereocenters. The van der Waals surface area contributed by atoms with Crippen LogP contribution in [0.1, 0.15) is 50.0 Å². The van der Waals surface area contributed by atoms with Gasteiger partial charge in [-0.15, -0.1) is 0 Å². The molecule has 11 nitrogen and oxygen atoms in total. The summed E-state index contributed by atoms with van der Waals surface area (Å²) >= 11 is 3.51. The number of nitrogens with one attached hydrogen (secondary N) is 2. The lowest BCUT2D eigenvalue weighted by Gasteiger charge is -2.34. The average Bonchev–Trinajstić information content (AvgIpc) is 3.42. The number of fused-ring (bicyclic) bond motifs is 1. The van der Waals surface area contributed by atoms with Gasteiger partial charge in [0.1, 0.15) is 5.69 Å². The van der Waals surface area contributed by atoms with Gasteiger partial charge >= 0.3 is 0 Å². The Balaban J connectivity index is 1.16. The van der Waals surface area contributed by atoms with Crippen molar-refractivity contribution in [3.8, 4) is 23.2 Å². The van der Waals surface area contributed by atoms with E-state index in [2.05, 4.69) is 60.2 Å². The van der Waals surface area contributed by atoms with Gasteiger partial charge in [-0.1, -0.05) is 30.9 Å². The fourth-order valence-corrected chi connectivity index (χ4v) is 6.35. The number of benzene rings is 2. The van der Waals surface area contributed by atoms with Gasteiger partial charge in [-0.05, 0) is 64.4 Å². The Morgan fingerprint density at radius 2 is 1.89 bits per heavy atom. The van der Waals surface area contributed by atoms with Gasteiger partial charge in [0.15, 0.2) is 0 Å². The molecule has 2 aromatic heterocycles. The molecule has 4 aromatic rings. The number of aromatic nitrogens is 3. The van der Waals surface area contributed by atoms with Crippen molar-refractivity contribution in [2.24, 2.45) is 7.05 Å². The summed E-state index contributed by atoms with van der Waals surface area (Å²) in [5.74, 6) is 6.06. The third-order valence-corrected chi connectivity index (χ3v) is 9.21. The van der Waals surface area contributed by atoms with Crippen LogP contribution in [0.25, 0.3) is 11.4 Å². The fourth-order valence-electron chi connectivity index (χ4n) is 5.93. The van der Waals surface area contributed by atoms with Crippen molar-refractivity contribution in [3.05, 3.63) is 92.7 Å². The van der Waals surface area contributed by atoms with Crippen LogP contribution in [0.15, 0.2) is 59.2 Å². The van der Waals surface area contributed by atoms with Crippen molar-refractivity contribution in [1.82, 2.24) is 29.7 Å². The van der Waals surface area contributed by atoms with Gasteiger partial charge in [-0.25, -0.2) is 9.97 Å². The highest BCUT2D eigenvalue weighted by atomic mass is 79.9. The summed E-state index contributed by atoms with van der Waals surface area (Å²) in [5.41, 5.74) is 11.9. The van der Waals surface area contributed by atoms with E-state index in [1.165, 1.54) is 0 Å². The van der Waals surface area contributed by atoms with Gasteiger partial charge in [0.05, 0.1) is 28.8 Å². The lowest BCUT2D eigenvalue weighted by Crippen LogP contribution is -2.48. The largest absolute Gasteiger partial charge is 0.368 e. The molecule has 12 heteroatoms. The van der Waals surface area contributed by atoms with Crippen molar-refractivity contribution in [1.29, 1.82) is 0 Å². The molecule has 0 radical (unpaired) electrons. The molecular weight excluding hydrogens is 660 g/mol. The topological polar surface area (TPSA) is 138 Å². The zero-order chi connectivity index (χ0) is 33.1. The molecule has 47 heavy (non-hydrogen) atoms. The number of amides is 3. The molecule has 6 rings (SSSR count). The summed E-state index contributed by atoms with van der Waals surface area (Å²) in [6, 6.07) is 14.6. The lowest BCUT2D eigenvalue weighted by molar-refractivity contribution is -0.115. The van der Waals surface area contributed by atoms with Crippen LogP contribution in [-0.2, 0) is 24.7 Å². The second-order valence-corrected chi connectivity index (χ2v) is 12.4. The predicted octanol–water partition coefficient (Wildman–Crippen LogP) is 3.47. The SMILES string of the molecule is CCN1CCN(C(=O)c2cc(NC(=O)Cc3cccc(C#Cc4cnc(N)nc4-c4cc5c(n4C)CCNC5=O)c3)ccc2Br)CC1. The molecule has 4 N–H and O–H groups in total. The number of piperazine rings is 1. The van der Waals surface area contributed by atoms with Gasteiger partial charge < -0.3 is 30.7 Å². The van der Waals surface area contributed by atoms with Crippen LogP contribution in [0.4, 0.5) is 11.6 Å². The predicted molar refractivity (Wildman–Crippen MR) is 184 cm³/mol. The third-order valence-electron chi connectivity index (χ3n) is 8.52. The van der Waals surface area contributed by atoms with Crippen molar-refractivity contribution in [2.75, 3.05) is 50.3 Å². The normalized spacial score (nSPS) is 14.5. The quantitative estimate of drug-likeness (QED) is 0.263. The van der Waals surface area contributed by atoms with Crippen LogP contribution >= 0.6 is 15.9 Å². The second kappa shape index (κ2) is 13.8. The minimum atomic E-state index is -0.210. The first kappa shape index (κ1) is 32.0.